The van der Waals surface area contributed by atoms with Crippen LogP contribution in [0.4, 0.5) is 4.39 Å². The average Bonchev–Trinajstić information content (AvgIpc) is 2.81. The number of aromatic nitrogens is 2. The minimum atomic E-state index is -0.247. The fraction of sp³-hybridized carbons (Fsp3) is 0.308. The first-order valence-corrected chi connectivity index (χ1v) is 6.64. The number of halogens is 2. The number of rotatable bonds is 5. The Labute approximate surface area is 114 Å². The molecule has 0 fully saturated rings. The lowest BCUT2D eigenvalue weighted by Gasteiger charge is -2.01. The Morgan fingerprint density at radius 3 is 3.06 bits per heavy atom. The molecule has 3 nitrogen and oxygen atoms in total. The lowest BCUT2D eigenvalue weighted by molar-refractivity contribution is 0.630. The second-order valence-corrected chi connectivity index (χ2v) is 4.99. The Balaban J connectivity index is 2.16. The van der Waals surface area contributed by atoms with Crippen LogP contribution in [0.5, 0.6) is 0 Å². The quantitative estimate of drug-likeness (QED) is 0.833. The zero-order valence-electron chi connectivity index (χ0n) is 10.1. The van der Waals surface area contributed by atoms with Crippen molar-refractivity contribution in [3.63, 3.8) is 0 Å². The van der Waals surface area contributed by atoms with E-state index in [1.54, 1.807) is 18.3 Å². The van der Waals surface area contributed by atoms with Crippen LogP contribution in [-0.2, 0) is 6.42 Å². The van der Waals surface area contributed by atoms with E-state index < -0.39 is 0 Å². The van der Waals surface area contributed by atoms with E-state index in [0.717, 1.165) is 29.7 Å². The molecule has 0 aliphatic heterocycles. The maximum absolute atomic E-state index is 13.7. The smallest absolute Gasteiger partial charge is 0.132 e. The van der Waals surface area contributed by atoms with Crippen molar-refractivity contribution < 1.29 is 4.39 Å². The molecule has 1 aromatic carbocycles. The summed E-state index contributed by atoms with van der Waals surface area (Å²) in [6, 6.07) is 4.88. The monoisotopic (exact) mass is 311 g/mol. The van der Waals surface area contributed by atoms with Gasteiger partial charge in [0.2, 0.25) is 0 Å². The van der Waals surface area contributed by atoms with Gasteiger partial charge in [0, 0.05) is 16.5 Å². The molecule has 18 heavy (non-hydrogen) atoms. The normalized spacial score (nSPS) is 10.8. The predicted octanol–water partition coefficient (Wildman–Crippen LogP) is 3.13. The summed E-state index contributed by atoms with van der Waals surface area (Å²) in [5.74, 6) is 0.642. The molecule has 1 heterocycles. The van der Waals surface area contributed by atoms with Gasteiger partial charge in [-0.15, -0.1) is 0 Å². The molecule has 0 aliphatic rings. The lowest BCUT2D eigenvalue weighted by Crippen LogP contribution is -2.08. The Hall–Kier alpha value is -1.20. The Bertz CT molecular complexity index is 525. The first kappa shape index (κ1) is 13.2. The number of hydrogen-bond acceptors (Lipinski definition) is 2. The van der Waals surface area contributed by atoms with E-state index in [0.29, 0.717) is 11.3 Å². The van der Waals surface area contributed by atoms with Gasteiger partial charge >= 0.3 is 0 Å². The van der Waals surface area contributed by atoms with Crippen molar-refractivity contribution in [1.82, 2.24) is 15.3 Å². The molecule has 2 N–H and O–H groups in total. The van der Waals surface area contributed by atoms with Crippen LogP contribution >= 0.6 is 15.9 Å². The standard InChI is InChI=1S/C13H15BrFN3/c1-16-6-2-3-13-17-8-12(18-13)10-7-9(14)4-5-11(10)15/h4-5,7-8,16H,2-3,6H2,1H3,(H,17,18). The van der Waals surface area contributed by atoms with Crippen molar-refractivity contribution in [3.05, 3.63) is 40.5 Å². The van der Waals surface area contributed by atoms with Gasteiger partial charge in [0.15, 0.2) is 0 Å². The van der Waals surface area contributed by atoms with Gasteiger partial charge < -0.3 is 10.3 Å². The van der Waals surface area contributed by atoms with Gasteiger partial charge in [-0.05, 0) is 38.2 Å². The lowest BCUT2D eigenvalue weighted by atomic mass is 10.1. The van der Waals surface area contributed by atoms with Gasteiger partial charge in [0.05, 0.1) is 11.9 Å². The third kappa shape index (κ3) is 3.17. The molecule has 0 aliphatic carbocycles. The van der Waals surface area contributed by atoms with E-state index in [2.05, 4.69) is 31.2 Å². The summed E-state index contributed by atoms with van der Waals surface area (Å²) in [4.78, 5) is 7.43. The van der Waals surface area contributed by atoms with E-state index >= 15 is 0 Å². The van der Waals surface area contributed by atoms with Crippen LogP contribution in [-0.4, -0.2) is 23.6 Å². The van der Waals surface area contributed by atoms with Crippen LogP contribution < -0.4 is 5.32 Å². The summed E-state index contributed by atoms with van der Waals surface area (Å²) >= 11 is 3.34. The summed E-state index contributed by atoms with van der Waals surface area (Å²) < 4.78 is 14.5. The number of aryl methyl sites for hydroxylation is 1. The molecule has 0 radical (unpaired) electrons. The highest BCUT2D eigenvalue weighted by Gasteiger charge is 2.08. The summed E-state index contributed by atoms with van der Waals surface area (Å²) in [5.41, 5.74) is 1.25. The van der Waals surface area contributed by atoms with Crippen molar-refractivity contribution in [3.8, 4) is 11.3 Å². The van der Waals surface area contributed by atoms with E-state index in [1.807, 2.05) is 7.05 Å². The van der Waals surface area contributed by atoms with Crippen LogP contribution in [0.15, 0.2) is 28.9 Å². The van der Waals surface area contributed by atoms with Gasteiger partial charge in [-0.25, -0.2) is 9.37 Å². The second kappa shape index (κ2) is 6.11. The number of benzene rings is 1. The molecular weight excluding hydrogens is 297 g/mol. The van der Waals surface area contributed by atoms with Crippen molar-refractivity contribution in [2.24, 2.45) is 0 Å². The number of H-pyrrole nitrogens is 1. The maximum Gasteiger partial charge on any atom is 0.132 e. The van der Waals surface area contributed by atoms with E-state index in [1.165, 1.54) is 6.07 Å². The Morgan fingerprint density at radius 2 is 2.28 bits per heavy atom. The zero-order valence-corrected chi connectivity index (χ0v) is 11.7. The third-order valence-electron chi connectivity index (χ3n) is 2.69. The molecule has 5 heteroatoms. The average molecular weight is 312 g/mol. The topological polar surface area (TPSA) is 40.7 Å². The molecule has 96 valence electrons. The maximum atomic E-state index is 13.7. The number of hydrogen-bond donors (Lipinski definition) is 2. The van der Waals surface area contributed by atoms with E-state index in [-0.39, 0.29) is 5.82 Å². The molecule has 0 saturated heterocycles. The largest absolute Gasteiger partial charge is 0.342 e. The van der Waals surface area contributed by atoms with Crippen LogP contribution in [0, 0.1) is 5.82 Å². The number of nitrogens with zero attached hydrogens (tertiary/aromatic N) is 1. The summed E-state index contributed by atoms with van der Waals surface area (Å²) in [6.07, 6.45) is 3.54. The van der Waals surface area contributed by atoms with Crippen LogP contribution in [0.1, 0.15) is 12.2 Å². The summed E-state index contributed by atoms with van der Waals surface area (Å²) in [7, 11) is 1.92. The number of nitrogens with one attached hydrogen (secondary N) is 2. The zero-order chi connectivity index (χ0) is 13.0. The van der Waals surface area contributed by atoms with Crippen LogP contribution in [0.2, 0.25) is 0 Å². The first-order valence-electron chi connectivity index (χ1n) is 5.84. The molecule has 0 amide bonds. The van der Waals surface area contributed by atoms with Crippen molar-refractivity contribution in [1.29, 1.82) is 0 Å². The van der Waals surface area contributed by atoms with Crippen molar-refractivity contribution >= 4 is 15.9 Å². The fourth-order valence-corrected chi connectivity index (χ4v) is 2.12. The first-order chi connectivity index (χ1) is 8.70. The highest BCUT2D eigenvalue weighted by Crippen LogP contribution is 2.24. The predicted molar refractivity (Wildman–Crippen MR) is 73.9 cm³/mol. The minimum absolute atomic E-state index is 0.247. The van der Waals surface area contributed by atoms with Gasteiger partial charge in [0.1, 0.15) is 11.6 Å². The highest BCUT2D eigenvalue weighted by molar-refractivity contribution is 9.10. The minimum Gasteiger partial charge on any atom is -0.342 e. The molecule has 0 unspecified atom stereocenters. The Morgan fingerprint density at radius 1 is 1.44 bits per heavy atom. The van der Waals surface area contributed by atoms with Crippen molar-refractivity contribution in [2.45, 2.75) is 12.8 Å². The second-order valence-electron chi connectivity index (χ2n) is 4.07. The molecule has 0 atom stereocenters. The molecule has 0 saturated carbocycles. The molecule has 2 rings (SSSR count). The molecular formula is C13H15BrFN3. The number of imidazole rings is 1. The summed E-state index contributed by atoms with van der Waals surface area (Å²) in [5, 5.41) is 3.09. The molecule has 0 spiro atoms. The Kier molecular flexibility index (Phi) is 4.49. The summed E-state index contributed by atoms with van der Waals surface area (Å²) in [6.45, 7) is 0.946. The SMILES string of the molecule is CNCCCc1ncc(-c2cc(Br)ccc2F)[nH]1. The molecule has 0 bridgehead atoms. The molecule has 2 aromatic rings. The van der Waals surface area contributed by atoms with E-state index in [9.17, 15) is 4.39 Å². The fourth-order valence-electron chi connectivity index (χ4n) is 1.76. The van der Waals surface area contributed by atoms with Gasteiger partial charge in [-0.3, -0.25) is 0 Å². The number of aromatic amines is 1. The van der Waals surface area contributed by atoms with Gasteiger partial charge in [0.25, 0.3) is 0 Å². The van der Waals surface area contributed by atoms with Crippen molar-refractivity contribution in [2.75, 3.05) is 13.6 Å². The van der Waals surface area contributed by atoms with E-state index in [4.69, 9.17) is 0 Å². The van der Waals surface area contributed by atoms with Gasteiger partial charge in [-0.2, -0.15) is 0 Å². The van der Waals surface area contributed by atoms with Crippen LogP contribution in [0.3, 0.4) is 0 Å². The van der Waals surface area contributed by atoms with Crippen LogP contribution in [0.25, 0.3) is 11.3 Å². The third-order valence-corrected chi connectivity index (χ3v) is 3.18. The highest BCUT2D eigenvalue weighted by atomic mass is 79.9. The van der Waals surface area contributed by atoms with Gasteiger partial charge in [-0.1, -0.05) is 15.9 Å². The molecule has 1 aromatic heterocycles.